The molecule has 10 heteroatoms. The molecule has 168 valence electrons. The fourth-order valence-corrected chi connectivity index (χ4v) is 3.47. The van der Waals surface area contributed by atoms with Crippen molar-refractivity contribution < 1.29 is 14.3 Å². The third-order valence-electron chi connectivity index (χ3n) is 4.64. The van der Waals surface area contributed by atoms with Crippen LogP contribution in [0.1, 0.15) is 31.1 Å². The first kappa shape index (κ1) is 23.3. The smallest absolute Gasteiger partial charge is 0.251 e. The minimum absolute atomic E-state index is 0.118. The Kier molecular flexibility index (Phi) is 7.82. The second-order valence-electron chi connectivity index (χ2n) is 7.27. The Morgan fingerprint density at radius 2 is 1.91 bits per heavy atom. The summed E-state index contributed by atoms with van der Waals surface area (Å²) in [6.07, 6.45) is 1.88. The molecule has 0 saturated heterocycles. The van der Waals surface area contributed by atoms with E-state index in [4.69, 9.17) is 4.74 Å². The summed E-state index contributed by atoms with van der Waals surface area (Å²) in [7, 11) is 0. The summed E-state index contributed by atoms with van der Waals surface area (Å²) < 4.78 is 7.00. The molecule has 0 fully saturated rings. The maximum absolute atomic E-state index is 13.0. The molecule has 2 amide bonds. The summed E-state index contributed by atoms with van der Waals surface area (Å²) in [6, 6.07) is 13.3. The van der Waals surface area contributed by atoms with Crippen molar-refractivity contribution in [3.63, 3.8) is 0 Å². The van der Waals surface area contributed by atoms with Gasteiger partial charge in [-0.2, -0.15) is 4.68 Å². The van der Waals surface area contributed by atoms with E-state index in [0.29, 0.717) is 28.8 Å². The summed E-state index contributed by atoms with van der Waals surface area (Å²) in [5.74, 6) is -0.0612. The van der Waals surface area contributed by atoms with E-state index in [1.165, 1.54) is 11.8 Å². The maximum Gasteiger partial charge on any atom is 0.251 e. The number of nitrogens with one attached hydrogen (secondary N) is 2. The first-order valence-corrected chi connectivity index (χ1v) is 11.4. The van der Waals surface area contributed by atoms with Gasteiger partial charge in [0, 0.05) is 11.3 Å². The number of hydrogen-bond acceptors (Lipinski definition) is 7. The SMILES string of the molecule is CCOc1ccc(C(=O)NC(C(=O)Nc2cccc(-n3nnnc3SC)c2)C(C)C)cc1. The number of tetrazole rings is 1. The number of carbonyl (C=O) groups is 2. The van der Waals surface area contributed by atoms with E-state index in [1.54, 1.807) is 47.1 Å². The third kappa shape index (κ3) is 5.64. The van der Waals surface area contributed by atoms with E-state index < -0.39 is 6.04 Å². The predicted molar refractivity (Wildman–Crippen MR) is 123 cm³/mol. The van der Waals surface area contributed by atoms with Crippen LogP contribution in [0.3, 0.4) is 0 Å². The zero-order chi connectivity index (χ0) is 23.1. The molecule has 1 atom stereocenters. The summed E-state index contributed by atoms with van der Waals surface area (Å²) in [5, 5.41) is 18.0. The van der Waals surface area contributed by atoms with Crippen LogP contribution in [0.25, 0.3) is 5.69 Å². The van der Waals surface area contributed by atoms with E-state index in [-0.39, 0.29) is 17.7 Å². The Labute approximate surface area is 190 Å². The Balaban J connectivity index is 1.71. The van der Waals surface area contributed by atoms with Gasteiger partial charge >= 0.3 is 0 Å². The Bertz CT molecular complexity index is 1070. The fourth-order valence-electron chi connectivity index (χ4n) is 3.03. The number of thioether (sulfide) groups is 1. The molecule has 1 heterocycles. The summed E-state index contributed by atoms with van der Waals surface area (Å²) in [6.45, 7) is 6.21. The molecule has 9 nitrogen and oxygen atoms in total. The van der Waals surface area contributed by atoms with Crippen LogP contribution in [0.15, 0.2) is 53.7 Å². The van der Waals surface area contributed by atoms with E-state index in [1.807, 2.05) is 33.1 Å². The number of rotatable bonds is 9. The molecule has 2 N–H and O–H groups in total. The predicted octanol–water partition coefficient (Wildman–Crippen LogP) is 3.18. The zero-order valence-corrected chi connectivity index (χ0v) is 19.2. The average molecular weight is 455 g/mol. The summed E-state index contributed by atoms with van der Waals surface area (Å²) in [4.78, 5) is 25.7. The molecule has 3 rings (SSSR count). The van der Waals surface area contributed by atoms with Gasteiger partial charge in [0.2, 0.25) is 11.1 Å². The van der Waals surface area contributed by atoms with Crippen LogP contribution >= 0.6 is 11.8 Å². The van der Waals surface area contributed by atoms with Crippen LogP contribution in [-0.2, 0) is 4.79 Å². The van der Waals surface area contributed by atoms with Gasteiger partial charge in [-0.25, -0.2) is 0 Å². The highest BCUT2D eigenvalue weighted by atomic mass is 32.2. The topological polar surface area (TPSA) is 111 Å². The van der Waals surface area contributed by atoms with Crippen LogP contribution in [-0.4, -0.2) is 50.9 Å². The molecule has 1 aromatic heterocycles. The lowest BCUT2D eigenvalue weighted by molar-refractivity contribution is -0.118. The van der Waals surface area contributed by atoms with Crippen molar-refractivity contribution in [2.75, 3.05) is 18.2 Å². The highest BCUT2D eigenvalue weighted by Gasteiger charge is 2.25. The Morgan fingerprint density at radius 3 is 2.56 bits per heavy atom. The lowest BCUT2D eigenvalue weighted by Crippen LogP contribution is -2.47. The van der Waals surface area contributed by atoms with Crippen molar-refractivity contribution in [2.24, 2.45) is 5.92 Å². The Morgan fingerprint density at radius 1 is 1.16 bits per heavy atom. The highest BCUT2D eigenvalue weighted by Crippen LogP contribution is 2.19. The van der Waals surface area contributed by atoms with E-state index in [2.05, 4.69) is 26.2 Å². The van der Waals surface area contributed by atoms with Crippen LogP contribution in [0.2, 0.25) is 0 Å². The second kappa shape index (κ2) is 10.8. The van der Waals surface area contributed by atoms with Crippen LogP contribution in [0.5, 0.6) is 5.75 Å². The monoisotopic (exact) mass is 454 g/mol. The summed E-state index contributed by atoms with van der Waals surface area (Å²) in [5.41, 5.74) is 1.75. The van der Waals surface area contributed by atoms with Crippen molar-refractivity contribution in [1.82, 2.24) is 25.5 Å². The number of carbonyl (C=O) groups excluding carboxylic acids is 2. The third-order valence-corrected chi connectivity index (χ3v) is 5.26. The molecule has 0 aliphatic rings. The number of benzene rings is 2. The Hall–Kier alpha value is -3.40. The zero-order valence-electron chi connectivity index (χ0n) is 18.4. The molecule has 1 unspecified atom stereocenters. The molecule has 32 heavy (non-hydrogen) atoms. The first-order valence-electron chi connectivity index (χ1n) is 10.2. The quantitative estimate of drug-likeness (QED) is 0.478. The van der Waals surface area contributed by atoms with Gasteiger partial charge in [0.15, 0.2) is 0 Å². The molecule has 3 aromatic rings. The van der Waals surface area contributed by atoms with Gasteiger partial charge in [0.25, 0.3) is 5.91 Å². The van der Waals surface area contributed by atoms with Crippen molar-refractivity contribution >= 4 is 29.3 Å². The van der Waals surface area contributed by atoms with E-state index in [9.17, 15) is 9.59 Å². The van der Waals surface area contributed by atoms with Gasteiger partial charge in [0.1, 0.15) is 11.8 Å². The minimum atomic E-state index is -0.715. The normalized spacial score (nSPS) is 11.8. The van der Waals surface area contributed by atoms with Crippen LogP contribution < -0.4 is 15.4 Å². The van der Waals surface area contributed by atoms with Crippen molar-refractivity contribution in [3.05, 3.63) is 54.1 Å². The summed E-state index contributed by atoms with van der Waals surface area (Å²) >= 11 is 1.42. The second-order valence-corrected chi connectivity index (χ2v) is 8.04. The molecule has 0 spiro atoms. The van der Waals surface area contributed by atoms with Crippen LogP contribution in [0, 0.1) is 5.92 Å². The molecule has 0 bridgehead atoms. The average Bonchev–Trinajstić information content (AvgIpc) is 3.27. The molecule has 0 aliphatic heterocycles. The van der Waals surface area contributed by atoms with E-state index in [0.717, 1.165) is 5.69 Å². The number of aromatic nitrogens is 4. The lowest BCUT2D eigenvalue weighted by Gasteiger charge is -2.22. The van der Waals surface area contributed by atoms with Gasteiger partial charge < -0.3 is 15.4 Å². The van der Waals surface area contributed by atoms with Crippen LogP contribution in [0.4, 0.5) is 5.69 Å². The standard InChI is InChI=1S/C22H26N6O3S/c1-5-31-18-11-9-15(10-12-18)20(29)24-19(14(2)3)21(30)23-16-7-6-8-17(13-16)28-22(32-4)25-26-27-28/h6-14,19H,5H2,1-4H3,(H,23,30)(H,24,29). The number of hydrogen-bond donors (Lipinski definition) is 2. The van der Waals surface area contributed by atoms with E-state index >= 15 is 0 Å². The van der Waals surface area contributed by atoms with Gasteiger partial charge in [0.05, 0.1) is 12.3 Å². The largest absolute Gasteiger partial charge is 0.494 e. The van der Waals surface area contributed by atoms with Crippen molar-refractivity contribution in [2.45, 2.75) is 32.0 Å². The van der Waals surface area contributed by atoms with Crippen molar-refractivity contribution in [3.8, 4) is 11.4 Å². The number of amides is 2. The molecule has 0 saturated carbocycles. The van der Waals surface area contributed by atoms with Gasteiger partial charge in [-0.3, -0.25) is 9.59 Å². The first-order chi connectivity index (χ1) is 15.4. The molecular formula is C22H26N6O3S. The molecule has 2 aromatic carbocycles. The minimum Gasteiger partial charge on any atom is -0.494 e. The number of ether oxygens (including phenoxy) is 1. The van der Waals surface area contributed by atoms with Gasteiger partial charge in [-0.1, -0.05) is 31.7 Å². The van der Waals surface area contributed by atoms with Crippen molar-refractivity contribution in [1.29, 1.82) is 0 Å². The van der Waals surface area contributed by atoms with Gasteiger partial charge in [-0.05, 0) is 72.0 Å². The molecule has 0 aliphatic carbocycles. The number of nitrogens with zero attached hydrogens (tertiary/aromatic N) is 4. The number of anilines is 1. The highest BCUT2D eigenvalue weighted by molar-refractivity contribution is 7.98. The lowest BCUT2D eigenvalue weighted by atomic mass is 10.0. The maximum atomic E-state index is 13.0. The van der Waals surface area contributed by atoms with Gasteiger partial charge in [-0.15, -0.1) is 5.10 Å². The fraction of sp³-hybridized carbons (Fsp3) is 0.318. The molecule has 0 radical (unpaired) electrons. The molecular weight excluding hydrogens is 428 g/mol.